The van der Waals surface area contributed by atoms with Crippen LogP contribution in [-0.4, -0.2) is 34.6 Å². The van der Waals surface area contributed by atoms with Crippen molar-refractivity contribution in [3.05, 3.63) is 24.4 Å². The molecule has 142 valence electrons. The van der Waals surface area contributed by atoms with Gasteiger partial charge in [-0.05, 0) is 51.6 Å². The van der Waals surface area contributed by atoms with Crippen molar-refractivity contribution < 1.29 is 0 Å². The number of aromatic nitrogens is 2. The van der Waals surface area contributed by atoms with E-state index in [0.29, 0.717) is 18.0 Å². The van der Waals surface area contributed by atoms with Gasteiger partial charge in [0.15, 0.2) is 5.79 Å². The molecule has 3 aliphatic rings. The van der Waals surface area contributed by atoms with E-state index in [0.717, 1.165) is 37.3 Å². The van der Waals surface area contributed by atoms with E-state index >= 15 is 0 Å². The Morgan fingerprint density at radius 2 is 1.96 bits per heavy atom. The van der Waals surface area contributed by atoms with Gasteiger partial charge >= 0.3 is 0 Å². The highest BCUT2D eigenvalue weighted by Gasteiger charge is 2.40. The Balaban J connectivity index is 1.43. The van der Waals surface area contributed by atoms with Crippen LogP contribution in [-0.2, 0) is 0 Å². The smallest absolute Gasteiger partial charge is 0.188 e. The summed E-state index contributed by atoms with van der Waals surface area (Å²) in [5, 5.41) is 10.4. The SMILES string of the molecule is CNC1(C2CCC(N)CC2)N=CC=C(Nc2cn(C3CCCC3)cn2)N1. The monoisotopic (exact) mass is 357 g/mol. The first-order valence-corrected chi connectivity index (χ1v) is 9.97. The van der Waals surface area contributed by atoms with Gasteiger partial charge in [0.1, 0.15) is 11.6 Å². The molecule has 0 bridgehead atoms. The molecule has 26 heavy (non-hydrogen) atoms. The summed E-state index contributed by atoms with van der Waals surface area (Å²) in [4.78, 5) is 9.30. The lowest BCUT2D eigenvalue weighted by molar-refractivity contribution is 0.143. The Labute approximate surface area is 155 Å². The molecule has 4 rings (SSSR count). The van der Waals surface area contributed by atoms with E-state index in [1.165, 1.54) is 25.7 Å². The van der Waals surface area contributed by atoms with Gasteiger partial charge in [0.25, 0.3) is 0 Å². The fourth-order valence-corrected chi connectivity index (χ4v) is 4.60. The summed E-state index contributed by atoms with van der Waals surface area (Å²) in [6, 6.07) is 0.941. The molecule has 2 saturated carbocycles. The number of hydrogen-bond acceptors (Lipinski definition) is 6. The van der Waals surface area contributed by atoms with Crippen LogP contribution >= 0.6 is 0 Å². The third-order valence-electron chi connectivity index (χ3n) is 6.20. The van der Waals surface area contributed by atoms with E-state index in [9.17, 15) is 0 Å². The third kappa shape index (κ3) is 3.50. The van der Waals surface area contributed by atoms with Crippen molar-refractivity contribution in [1.29, 1.82) is 0 Å². The summed E-state index contributed by atoms with van der Waals surface area (Å²) in [6.45, 7) is 0. The van der Waals surface area contributed by atoms with Gasteiger partial charge in [-0.15, -0.1) is 0 Å². The molecular formula is C19H31N7. The largest absolute Gasteiger partial charge is 0.335 e. The molecule has 1 unspecified atom stereocenters. The zero-order valence-electron chi connectivity index (χ0n) is 15.6. The van der Waals surface area contributed by atoms with Crippen molar-refractivity contribution in [2.45, 2.75) is 69.2 Å². The van der Waals surface area contributed by atoms with Crippen LogP contribution in [0.4, 0.5) is 5.82 Å². The second-order valence-electron chi connectivity index (χ2n) is 7.88. The Kier molecular flexibility index (Phi) is 5.00. The van der Waals surface area contributed by atoms with Crippen LogP contribution in [0, 0.1) is 5.92 Å². The maximum Gasteiger partial charge on any atom is 0.188 e. The fraction of sp³-hybridized carbons (Fsp3) is 0.684. The molecule has 2 heterocycles. The molecule has 0 amide bonds. The second kappa shape index (κ2) is 7.40. The van der Waals surface area contributed by atoms with E-state index in [-0.39, 0.29) is 0 Å². The quantitative estimate of drug-likeness (QED) is 0.649. The average molecular weight is 358 g/mol. The lowest BCUT2D eigenvalue weighted by atomic mass is 9.81. The van der Waals surface area contributed by atoms with E-state index in [4.69, 9.17) is 10.7 Å². The molecular weight excluding hydrogens is 326 g/mol. The predicted octanol–water partition coefficient (Wildman–Crippen LogP) is 2.32. The lowest BCUT2D eigenvalue weighted by Crippen LogP contribution is -2.61. The molecule has 0 radical (unpaired) electrons. The second-order valence-corrected chi connectivity index (χ2v) is 7.88. The number of anilines is 1. The van der Waals surface area contributed by atoms with E-state index in [1.54, 1.807) is 0 Å². The van der Waals surface area contributed by atoms with Crippen molar-refractivity contribution >= 4 is 12.0 Å². The highest BCUT2D eigenvalue weighted by atomic mass is 15.4. The van der Waals surface area contributed by atoms with Gasteiger partial charge in [-0.2, -0.15) is 0 Å². The number of hydrogen-bond donors (Lipinski definition) is 4. The van der Waals surface area contributed by atoms with Crippen molar-refractivity contribution in [2.75, 3.05) is 12.4 Å². The minimum Gasteiger partial charge on any atom is -0.335 e. The van der Waals surface area contributed by atoms with Crippen LogP contribution in [0.15, 0.2) is 29.4 Å². The van der Waals surface area contributed by atoms with E-state index in [1.807, 2.05) is 25.7 Å². The summed E-state index contributed by atoms with van der Waals surface area (Å²) in [7, 11) is 1.97. The van der Waals surface area contributed by atoms with Gasteiger partial charge in [-0.25, -0.2) is 4.98 Å². The van der Waals surface area contributed by atoms with Crippen LogP contribution in [0.2, 0.25) is 0 Å². The highest BCUT2D eigenvalue weighted by Crippen LogP contribution is 2.33. The molecule has 0 saturated heterocycles. The van der Waals surface area contributed by atoms with Gasteiger partial charge in [0, 0.05) is 30.4 Å². The molecule has 0 aromatic carbocycles. The number of rotatable bonds is 5. The highest BCUT2D eigenvalue weighted by molar-refractivity contribution is 5.74. The van der Waals surface area contributed by atoms with Crippen molar-refractivity contribution in [3.63, 3.8) is 0 Å². The molecule has 7 heteroatoms. The van der Waals surface area contributed by atoms with Gasteiger partial charge in [-0.3, -0.25) is 10.3 Å². The van der Waals surface area contributed by atoms with Crippen LogP contribution in [0.1, 0.15) is 57.4 Å². The number of nitrogens with two attached hydrogens (primary N) is 1. The molecule has 2 fully saturated rings. The molecule has 2 aliphatic carbocycles. The van der Waals surface area contributed by atoms with Crippen molar-refractivity contribution in [2.24, 2.45) is 16.6 Å². The molecule has 0 spiro atoms. The van der Waals surface area contributed by atoms with Crippen LogP contribution in [0.5, 0.6) is 0 Å². The van der Waals surface area contributed by atoms with Crippen LogP contribution in [0.3, 0.4) is 0 Å². The summed E-state index contributed by atoms with van der Waals surface area (Å²) in [6.07, 6.45) is 17.4. The van der Waals surface area contributed by atoms with Crippen LogP contribution in [0.25, 0.3) is 0 Å². The number of nitrogens with zero attached hydrogens (tertiary/aromatic N) is 3. The number of nitrogens with one attached hydrogen (secondary N) is 3. The molecule has 1 aliphatic heterocycles. The maximum atomic E-state index is 6.08. The maximum absolute atomic E-state index is 6.08. The standard InChI is InChI=1S/C19H31N7/c1-21-19(14-6-8-15(20)9-7-14)23-11-10-17(25-19)24-18-12-26(13-22-18)16-4-2-3-5-16/h10-16,21,24-25H,2-9,20H2,1H3. The molecule has 1 aromatic heterocycles. The van der Waals surface area contributed by atoms with E-state index < -0.39 is 5.79 Å². The van der Waals surface area contributed by atoms with Gasteiger partial charge in [0.05, 0.1) is 6.33 Å². The first-order valence-electron chi connectivity index (χ1n) is 9.97. The number of imidazole rings is 1. The summed E-state index contributed by atoms with van der Waals surface area (Å²) in [5.41, 5.74) is 6.08. The Hall–Kier alpha value is -1.86. The number of allylic oxidation sites excluding steroid dienone is 1. The Morgan fingerprint density at radius 1 is 1.19 bits per heavy atom. The molecule has 1 aromatic rings. The summed E-state index contributed by atoms with van der Waals surface area (Å²) < 4.78 is 2.25. The first kappa shape index (κ1) is 17.5. The predicted molar refractivity (Wildman–Crippen MR) is 105 cm³/mol. The van der Waals surface area contributed by atoms with Crippen LogP contribution < -0.4 is 21.7 Å². The zero-order valence-corrected chi connectivity index (χ0v) is 15.6. The van der Waals surface area contributed by atoms with Gasteiger partial charge in [-0.1, -0.05) is 12.8 Å². The summed E-state index contributed by atoms with van der Waals surface area (Å²) >= 11 is 0. The normalized spacial score (nSPS) is 32.3. The average Bonchev–Trinajstić information content (AvgIpc) is 3.34. The number of aliphatic imine (C=N–C) groups is 1. The van der Waals surface area contributed by atoms with Crippen molar-refractivity contribution in [1.82, 2.24) is 20.2 Å². The third-order valence-corrected chi connectivity index (χ3v) is 6.20. The topological polar surface area (TPSA) is 92.3 Å². The molecule has 7 nitrogen and oxygen atoms in total. The lowest BCUT2D eigenvalue weighted by Gasteiger charge is -2.43. The summed E-state index contributed by atoms with van der Waals surface area (Å²) in [5.74, 6) is 1.76. The molecule has 5 N–H and O–H groups in total. The van der Waals surface area contributed by atoms with E-state index in [2.05, 4.69) is 31.7 Å². The van der Waals surface area contributed by atoms with Gasteiger partial charge in [0.2, 0.25) is 0 Å². The minimum atomic E-state index is -0.467. The van der Waals surface area contributed by atoms with Gasteiger partial charge < -0.3 is 20.9 Å². The fourth-order valence-electron chi connectivity index (χ4n) is 4.60. The van der Waals surface area contributed by atoms with Crippen molar-refractivity contribution in [3.8, 4) is 0 Å². The molecule has 1 atom stereocenters. The Bertz CT molecular complexity index is 665. The zero-order chi connectivity index (χ0) is 18.0. The first-order chi connectivity index (χ1) is 12.7. The minimum absolute atomic E-state index is 0.334. The Morgan fingerprint density at radius 3 is 2.69 bits per heavy atom.